The second-order valence-corrected chi connectivity index (χ2v) is 7.06. The van der Waals surface area contributed by atoms with Gasteiger partial charge in [0.15, 0.2) is 0 Å². The molecule has 0 saturated carbocycles. The molecule has 4 heterocycles. The maximum absolute atomic E-state index is 9.28. The summed E-state index contributed by atoms with van der Waals surface area (Å²) in [4.78, 5) is 9.14. The van der Waals surface area contributed by atoms with Crippen molar-refractivity contribution in [1.82, 2.24) is 19.7 Å². The highest BCUT2D eigenvalue weighted by Crippen LogP contribution is 2.35. The first-order valence-corrected chi connectivity index (χ1v) is 9.17. The Hall–Kier alpha value is -2.43. The van der Waals surface area contributed by atoms with Crippen molar-refractivity contribution < 1.29 is 4.74 Å². The van der Waals surface area contributed by atoms with Crippen LogP contribution in [0.1, 0.15) is 23.7 Å². The van der Waals surface area contributed by atoms with E-state index in [0.717, 1.165) is 51.6 Å². The molecule has 0 aliphatic carbocycles. The molecule has 0 bridgehead atoms. The number of nitriles is 1. The van der Waals surface area contributed by atoms with Crippen LogP contribution in [0.2, 0.25) is 0 Å². The van der Waals surface area contributed by atoms with Gasteiger partial charge in [0.25, 0.3) is 0 Å². The first-order valence-electron chi connectivity index (χ1n) is 9.17. The average Bonchev–Trinajstić information content (AvgIpc) is 3.31. The molecule has 0 unspecified atom stereocenters. The fraction of sp³-hybridized carbons (Fsp3) is 0.526. The molecule has 2 aliphatic heterocycles. The van der Waals surface area contributed by atoms with Gasteiger partial charge in [-0.15, -0.1) is 0 Å². The number of pyridine rings is 1. The van der Waals surface area contributed by atoms with Gasteiger partial charge >= 0.3 is 0 Å². The minimum absolute atomic E-state index is 0.155. The summed E-state index contributed by atoms with van der Waals surface area (Å²) in [6, 6.07) is 5.90. The summed E-state index contributed by atoms with van der Waals surface area (Å²) in [6.45, 7) is 5.63. The molecule has 0 radical (unpaired) electrons. The van der Waals surface area contributed by atoms with Gasteiger partial charge < -0.3 is 9.64 Å². The largest absolute Gasteiger partial charge is 0.373 e. The third-order valence-corrected chi connectivity index (χ3v) is 5.34. The number of piperazine rings is 1. The smallest absolute Gasteiger partial charge is 0.146 e. The molecule has 136 valence electrons. The van der Waals surface area contributed by atoms with E-state index in [0.29, 0.717) is 11.5 Å². The van der Waals surface area contributed by atoms with Crippen molar-refractivity contribution in [2.45, 2.75) is 12.5 Å². The molecule has 0 spiro atoms. The molecule has 4 rings (SSSR count). The Morgan fingerprint density at radius 1 is 1.31 bits per heavy atom. The van der Waals surface area contributed by atoms with Gasteiger partial charge in [0, 0.05) is 70.3 Å². The summed E-state index contributed by atoms with van der Waals surface area (Å²) in [5.74, 6) is 1.32. The van der Waals surface area contributed by atoms with E-state index in [2.05, 4.69) is 32.1 Å². The van der Waals surface area contributed by atoms with Crippen LogP contribution in [0.4, 0.5) is 5.82 Å². The molecule has 2 fully saturated rings. The van der Waals surface area contributed by atoms with Crippen molar-refractivity contribution in [1.29, 1.82) is 5.26 Å². The molecule has 0 amide bonds. The third kappa shape index (κ3) is 3.43. The van der Waals surface area contributed by atoms with E-state index >= 15 is 0 Å². The molecular formula is C19H24N6O. The third-order valence-electron chi connectivity index (χ3n) is 5.34. The fourth-order valence-corrected chi connectivity index (χ4v) is 3.99. The molecule has 7 heteroatoms. The van der Waals surface area contributed by atoms with Crippen molar-refractivity contribution >= 4 is 5.82 Å². The SMILES string of the molecule is Cn1cc([C@H]2OCC[C@@H]2CN2CCN(c3ncccc3C#N)CC2)cn1. The number of aryl methyl sites for hydroxylation is 1. The lowest BCUT2D eigenvalue weighted by Gasteiger charge is -2.37. The normalized spacial score (nSPS) is 23.9. The topological polar surface area (TPSA) is 70.2 Å². The molecular weight excluding hydrogens is 328 g/mol. The predicted octanol–water partition coefficient (Wildman–Crippen LogP) is 1.59. The number of aromatic nitrogens is 3. The number of anilines is 1. The van der Waals surface area contributed by atoms with E-state index in [9.17, 15) is 5.26 Å². The zero-order valence-electron chi connectivity index (χ0n) is 15.1. The van der Waals surface area contributed by atoms with E-state index in [1.807, 2.05) is 30.1 Å². The van der Waals surface area contributed by atoms with E-state index < -0.39 is 0 Å². The van der Waals surface area contributed by atoms with Gasteiger partial charge in [-0.3, -0.25) is 9.58 Å². The van der Waals surface area contributed by atoms with Crippen LogP contribution in [0.5, 0.6) is 0 Å². The summed E-state index contributed by atoms with van der Waals surface area (Å²) < 4.78 is 7.83. The number of ether oxygens (including phenoxy) is 1. The Kier molecular flexibility index (Phi) is 4.87. The first kappa shape index (κ1) is 17.0. The minimum Gasteiger partial charge on any atom is -0.373 e. The van der Waals surface area contributed by atoms with Gasteiger partial charge in [-0.05, 0) is 18.6 Å². The molecule has 2 saturated heterocycles. The minimum atomic E-state index is 0.155. The van der Waals surface area contributed by atoms with Gasteiger partial charge in [-0.2, -0.15) is 10.4 Å². The molecule has 26 heavy (non-hydrogen) atoms. The standard InChI is InChI=1S/C19H24N6O/c1-23-13-17(12-22-23)18-16(4-10-26-18)14-24-6-8-25(9-7-24)19-15(11-20)3-2-5-21-19/h2-3,5,12-13,16,18H,4,6-10,14H2,1H3/t16-,18+/m1/s1. The van der Waals surface area contributed by atoms with Crippen LogP contribution in [-0.2, 0) is 11.8 Å². The summed E-state index contributed by atoms with van der Waals surface area (Å²) in [5.41, 5.74) is 1.84. The zero-order chi connectivity index (χ0) is 17.9. The number of hydrogen-bond acceptors (Lipinski definition) is 6. The first-order chi connectivity index (χ1) is 12.7. The predicted molar refractivity (Wildman–Crippen MR) is 97.6 cm³/mol. The van der Waals surface area contributed by atoms with E-state index in [-0.39, 0.29) is 6.10 Å². The van der Waals surface area contributed by atoms with E-state index in [1.165, 1.54) is 5.56 Å². The van der Waals surface area contributed by atoms with E-state index in [4.69, 9.17) is 4.74 Å². The van der Waals surface area contributed by atoms with Crippen molar-refractivity contribution in [2.75, 3.05) is 44.2 Å². The molecule has 7 nitrogen and oxygen atoms in total. The lowest BCUT2D eigenvalue weighted by atomic mass is 9.96. The Bertz CT molecular complexity index is 789. The van der Waals surface area contributed by atoms with Crippen molar-refractivity contribution in [2.24, 2.45) is 13.0 Å². The Labute approximate surface area is 153 Å². The fourth-order valence-electron chi connectivity index (χ4n) is 3.99. The average molecular weight is 352 g/mol. The Morgan fingerprint density at radius 3 is 2.88 bits per heavy atom. The van der Waals surface area contributed by atoms with Gasteiger partial charge in [-0.1, -0.05) is 0 Å². The summed E-state index contributed by atoms with van der Waals surface area (Å²) in [6.07, 6.45) is 6.99. The van der Waals surface area contributed by atoms with Gasteiger partial charge in [0.05, 0.1) is 17.9 Å². The maximum Gasteiger partial charge on any atom is 0.146 e. The molecule has 0 aromatic carbocycles. The second kappa shape index (κ2) is 7.44. The number of nitrogens with zero attached hydrogens (tertiary/aromatic N) is 6. The van der Waals surface area contributed by atoms with Crippen molar-refractivity contribution in [3.8, 4) is 6.07 Å². The van der Waals surface area contributed by atoms with Crippen LogP contribution in [0.25, 0.3) is 0 Å². The van der Waals surface area contributed by atoms with Gasteiger partial charge in [-0.25, -0.2) is 4.98 Å². The van der Waals surface area contributed by atoms with Crippen LogP contribution >= 0.6 is 0 Å². The highest BCUT2D eigenvalue weighted by Gasteiger charge is 2.33. The molecule has 0 N–H and O–H groups in total. The summed E-state index contributed by atoms with van der Waals surface area (Å²) in [7, 11) is 1.94. The summed E-state index contributed by atoms with van der Waals surface area (Å²) >= 11 is 0. The Balaban J connectivity index is 1.36. The number of hydrogen-bond donors (Lipinski definition) is 0. The van der Waals surface area contributed by atoms with E-state index in [1.54, 1.807) is 6.20 Å². The number of rotatable bonds is 4. The lowest BCUT2D eigenvalue weighted by Crippen LogP contribution is -2.48. The van der Waals surface area contributed by atoms with Crippen molar-refractivity contribution in [3.05, 3.63) is 41.9 Å². The lowest BCUT2D eigenvalue weighted by molar-refractivity contribution is 0.0771. The Morgan fingerprint density at radius 2 is 2.15 bits per heavy atom. The van der Waals surface area contributed by atoms with Crippen LogP contribution in [0.15, 0.2) is 30.7 Å². The molecule has 2 aromatic heterocycles. The molecule has 2 aromatic rings. The monoisotopic (exact) mass is 352 g/mol. The zero-order valence-corrected chi connectivity index (χ0v) is 15.1. The highest BCUT2D eigenvalue weighted by molar-refractivity contribution is 5.53. The van der Waals surface area contributed by atoms with Gasteiger partial charge in [0.1, 0.15) is 11.9 Å². The van der Waals surface area contributed by atoms with Crippen LogP contribution < -0.4 is 4.90 Å². The van der Waals surface area contributed by atoms with Crippen LogP contribution in [0.3, 0.4) is 0 Å². The summed E-state index contributed by atoms with van der Waals surface area (Å²) in [5, 5.41) is 13.6. The quantitative estimate of drug-likeness (QED) is 0.832. The van der Waals surface area contributed by atoms with Crippen molar-refractivity contribution in [3.63, 3.8) is 0 Å². The maximum atomic E-state index is 9.28. The van der Waals surface area contributed by atoms with Crippen LogP contribution in [0, 0.1) is 17.2 Å². The second-order valence-electron chi connectivity index (χ2n) is 7.06. The molecule has 2 aliphatic rings. The van der Waals surface area contributed by atoms with Gasteiger partial charge in [0.2, 0.25) is 0 Å². The highest BCUT2D eigenvalue weighted by atomic mass is 16.5. The molecule has 2 atom stereocenters. The van der Waals surface area contributed by atoms with Crippen LogP contribution in [-0.4, -0.2) is 59.0 Å².